The van der Waals surface area contributed by atoms with Crippen molar-refractivity contribution in [2.24, 2.45) is 0 Å². The second-order valence-electron chi connectivity index (χ2n) is 5.76. The lowest BCUT2D eigenvalue weighted by atomic mass is 9.97. The Morgan fingerprint density at radius 3 is 2.38 bits per heavy atom. The Morgan fingerprint density at radius 1 is 1.00 bits per heavy atom. The molecule has 1 heterocycles. The van der Waals surface area contributed by atoms with E-state index in [1.54, 1.807) is 0 Å². The molecule has 1 aliphatic heterocycles. The van der Waals surface area contributed by atoms with Crippen molar-refractivity contribution in [1.29, 1.82) is 0 Å². The molecule has 0 radical (unpaired) electrons. The second kappa shape index (κ2) is 5.32. The number of rotatable bonds is 3. The molecular formula is C18H19NO2. The van der Waals surface area contributed by atoms with Crippen LogP contribution in [0.4, 0.5) is 0 Å². The molecule has 1 fully saturated rings. The van der Waals surface area contributed by atoms with Crippen LogP contribution in [0.25, 0.3) is 10.8 Å². The maximum atomic E-state index is 11.7. The number of amides is 2. The van der Waals surface area contributed by atoms with Gasteiger partial charge in [-0.15, -0.1) is 0 Å². The number of nitrogens with zero attached hydrogens (tertiary/aromatic N) is 1. The van der Waals surface area contributed by atoms with Gasteiger partial charge in [-0.25, -0.2) is 0 Å². The molecular weight excluding hydrogens is 262 g/mol. The zero-order chi connectivity index (χ0) is 15.0. The number of imide groups is 1. The molecule has 2 aromatic rings. The van der Waals surface area contributed by atoms with E-state index in [1.807, 2.05) is 6.07 Å². The van der Waals surface area contributed by atoms with Crippen molar-refractivity contribution >= 4 is 22.6 Å². The summed E-state index contributed by atoms with van der Waals surface area (Å²) in [5.41, 5.74) is 3.75. The summed E-state index contributed by atoms with van der Waals surface area (Å²) < 4.78 is 0. The van der Waals surface area contributed by atoms with Gasteiger partial charge in [-0.1, -0.05) is 30.3 Å². The molecule has 0 saturated carbocycles. The monoisotopic (exact) mass is 281 g/mol. The maximum absolute atomic E-state index is 11.7. The Labute approximate surface area is 124 Å². The number of aryl methyl sites for hydroxylation is 2. The smallest absolute Gasteiger partial charge is 0.229 e. The summed E-state index contributed by atoms with van der Waals surface area (Å²) in [4.78, 5) is 24.7. The van der Waals surface area contributed by atoms with Gasteiger partial charge in [0.2, 0.25) is 11.8 Å². The SMILES string of the molecule is Cc1cc2cccc(CCN3C(=O)CCC3=O)c2cc1C. The summed E-state index contributed by atoms with van der Waals surface area (Å²) in [5.74, 6) is -0.0699. The van der Waals surface area contributed by atoms with E-state index in [9.17, 15) is 9.59 Å². The number of hydrogen-bond acceptors (Lipinski definition) is 2. The predicted octanol–water partition coefficient (Wildman–Crippen LogP) is 3.15. The Hall–Kier alpha value is -2.16. The zero-order valence-corrected chi connectivity index (χ0v) is 12.5. The van der Waals surface area contributed by atoms with Crippen LogP contribution in [0, 0.1) is 13.8 Å². The first-order valence-corrected chi connectivity index (χ1v) is 7.38. The number of likely N-dealkylation sites (tertiary alicyclic amines) is 1. The molecule has 0 aliphatic carbocycles. The predicted molar refractivity (Wildman–Crippen MR) is 83.1 cm³/mol. The number of hydrogen-bond donors (Lipinski definition) is 0. The lowest BCUT2D eigenvalue weighted by molar-refractivity contribution is -0.138. The van der Waals surface area contributed by atoms with E-state index >= 15 is 0 Å². The van der Waals surface area contributed by atoms with Crippen molar-refractivity contribution in [2.75, 3.05) is 6.54 Å². The molecule has 2 amide bonds. The fraction of sp³-hybridized carbons (Fsp3) is 0.333. The lowest BCUT2D eigenvalue weighted by Gasteiger charge is -2.15. The van der Waals surface area contributed by atoms with E-state index in [1.165, 1.54) is 32.4 Å². The van der Waals surface area contributed by atoms with Crippen molar-refractivity contribution in [3.05, 3.63) is 47.0 Å². The topological polar surface area (TPSA) is 37.4 Å². The molecule has 3 heteroatoms. The third-order valence-electron chi connectivity index (χ3n) is 4.34. The molecule has 0 atom stereocenters. The molecule has 21 heavy (non-hydrogen) atoms. The van der Waals surface area contributed by atoms with Crippen molar-refractivity contribution in [2.45, 2.75) is 33.1 Å². The number of benzene rings is 2. The van der Waals surface area contributed by atoms with Gasteiger partial charge in [-0.2, -0.15) is 0 Å². The number of carbonyl (C=O) groups is 2. The Kier molecular flexibility index (Phi) is 3.50. The van der Waals surface area contributed by atoms with Crippen molar-refractivity contribution < 1.29 is 9.59 Å². The lowest BCUT2D eigenvalue weighted by Crippen LogP contribution is -2.31. The van der Waals surface area contributed by atoms with Gasteiger partial charge in [0.05, 0.1) is 0 Å². The molecule has 3 nitrogen and oxygen atoms in total. The largest absolute Gasteiger partial charge is 0.282 e. The highest BCUT2D eigenvalue weighted by molar-refractivity contribution is 6.02. The standard InChI is InChI=1S/C18H19NO2/c1-12-10-15-5-3-4-14(16(15)11-13(12)2)8-9-19-17(20)6-7-18(19)21/h3-5,10-11H,6-9H2,1-2H3. The zero-order valence-electron chi connectivity index (χ0n) is 12.5. The van der Waals surface area contributed by atoms with Gasteiger partial charge >= 0.3 is 0 Å². The van der Waals surface area contributed by atoms with Gasteiger partial charge in [0, 0.05) is 19.4 Å². The van der Waals surface area contributed by atoms with Gasteiger partial charge in [0.1, 0.15) is 0 Å². The Bertz CT molecular complexity index is 717. The number of fused-ring (bicyclic) bond motifs is 1. The van der Waals surface area contributed by atoms with Gasteiger partial charge in [0.25, 0.3) is 0 Å². The van der Waals surface area contributed by atoms with Crippen LogP contribution in [0.3, 0.4) is 0 Å². The van der Waals surface area contributed by atoms with Crippen LogP contribution < -0.4 is 0 Å². The molecule has 3 rings (SSSR count). The van der Waals surface area contributed by atoms with E-state index in [0.29, 0.717) is 19.4 Å². The fourth-order valence-corrected chi connectivity index (χ4v) is 2.93. The molecule has 0 unspecified atom stereocenters. The molecule has 1 aliphatic rings. The average molecular weight is 281 g/mol. The minimum absolute atomic E-state index is 0.0349. The number of carbonyl (C=O) groups excluding carboxylic acids is 2. The third kappa shape index (κ3) is 2.56. The van der Waals surface area contributed by atoms with Gasteiger partial charge < -0.3 is 0 Å². The maximum Gasteiger partial charge on any atom is 0.229 e. The summed E-state index contributed by atoms with van der Waals surface area (Å²) in [6.45, 7) is 4.71. The van der Waals surface area contributed by atoms with Crippen LogP contribution in [0.5, 0.6) is 0 Å². The molecule has 2 aromatic carbocycles. The average Bonchev–Trinajstić information content (AvgIpc) is 2.77. The van der Waals surface area contributed by atoms with Gasteiger partial charge in [-0.3, -0.25) is 14.5 Å². The van der Waals surface area contributed by atoms with E-state index in [4.69, 9.17) is 0 Å². The summed E-state index contributed by atoms with van der Waals surface area (Å²) in [6, 6.07) is 10.6. The molecule has 0 spiro atoms. The molecule has 1 saturated heterocycles. The normalized spacial score (nSPS) is 15.2. The first-order valence-electron chi connectivity index (χ1n) is 7.38. The first-order chi connectivity index (χ1) is 10.1. The molecule has 108 valence electrons. The van der Waals surface area contributed by atoms with Crippen LogP contribution in [-0.4, -0.2) is 23.3 Å². The molecule has 0 aromatic heterocycles. The van der Waals surface area contributed by atoms with Crippen LogP contribution in [-0.2, 0) is 16.0 Å². The van der Waals surface area contributed by atoms with E-state index in [2.05, 4.69) is 38.1 Å². The van der Waals surface area contributed by atoms with E-state index in [0.717, 1.165) is 6.42 Å². The third-order valence-corrected chi connectivity index (χ3v) is 4.34. The first kappa shape index (κ1) is 13.8. The summed E-state index contributed by atoms with van der Waals surface area (Å²) in [6.07, 6.45) is 1.46. The highest BCUT2D eigenvalue weighted by Crippen LogP contribution is 2.24. The van der Waals surface area contributed by atoms with Crippen LogP contribution in [0.15, 0.2) is 30.3 Å². The summed E-state index contributed by atoms with van der Waals surface area (Å²) in [7, 11) is 0. The Morgan fingerprint density at radius 2 is 1.67 bits per heavy atom. The summed E-state index contributed by atoms with van der Waals surface area (Å²) in [5, 5.41) is 2.44. The minimum atomic E-state index is -0.0349. The Balaban J connectivity index is 1.89. The highest BCUT2D eigenvalue weighted by atomic mass is 16.2. The highest BCUT2D eigenvalue weighted by Gasteiger charge is 2.28. The molecule has 0 N–H and O–H groups in total. The quantitative estimate of drug-likeness (QED) is 0.810. The minimum Gasteiger partial charge on any atom is -0.282 e. The van der Waals surface area contributed by atoms with E-state index < -0.39 is 0 Å². The van der Waals surface area contributed by atoms with Crippen molar-refractivity contribution in [3.63, 3.8) is 0 Å². The molecule has 0 bridgehead atoms. The van der Waals surface area contributed by atoms with Crippen LogP contribution in [0.2, 0.25) is 0 Å². The van der Waals surface area contributed by atoms with E-state index in [-0.39, 0.29) is 11.8 Å². The fourth-order valence-electron chi connectivity index (χ4n) is 2.93. The van der Waals surface area contributed by atoms with Crippen LogP contribution in [0.1, 0.15) is 29.5 Å². The van der Waals surface area contributed by atoms with Crippen molar-refractivity contribution in [3.8, 4) is 0 Å². The van der Waals surface area contributed by atoms with Gasteiger partial charge in [0.15, 0.2) is 0 Å². The van der Waals surface area contributed by atoms with Gasteiger partial charge in [-0.05, 0) is 47.7 Å². The van der Waals surface area contributed by atoms with Crippen LogP contribution >= 0.6 is 0 Å². The second-order valence-corrected chi connectivity index (χ2v) is 5.76. The summed E-state index contributed by atoms with van der Waals surface area (Å²) >= 11 is 0. The van der Waals surface area contributed by atoms with Crippen molar-refractivity contribution in [1.82, 2.24) is 4.90 Å².